The number of hydrogen-bond acceptors (Lipinski definition) is 3. The SMILES string of the molecule is CN(C(=O)NC(C)(C)C)c1cccc(C(N)=NO)c1. The first kappa shape index (κ1) is 14.8. The number of carbonyl (C=O) groups excluding carboxylic acids is 1. The minimum Gasteiger partial charge on any atom is -0.409 e. The number of amides is 2. The molecule has 1 aromatic rings. The second kappa shape index (κ2) is 5.60. The van der Waals surface area contributed by atoms with Crippen LogP contribution < -0.4 is 16.0 Å². The fourth-order valence-corrected chi connectivity index (χ4v) is 1.45. The Morgan fingerprint density at radius 3 is 2.58 bits per heavy atom. The second-order valence-corrected chi connectivity index (χ2v) is 5.27. The molecule has 19 heavy (non-hydrogen) atoms. The maximum absolute atomic E-state index is 12.0. The summed E-state index contributed by atoms with van der Waals surface area (Å²) in [5.74, 6) is 0.00600. The fraction of sp³-hybridized carbons (Fsp3) is 0.385. The van der Waals surface area contributed by atoms with E-state index in [1.165, 1.54) is 4.90 Å². The molecule has 104 valence electrons. The summed E-state index contributed by atoms with van der Waals surface area (Å²) in [6.07, 6.45) is 0. The van der Waals surface area contributed by atoms with Crippen molar-refractivity contribution in [3.05, 3.63) is 29.8 Å². The Morgan fingerprint density at radius 1 is 1.42 bits per heavy atom. The van der Waals surface area contributed by atoms with Crippen molar-refractivity contribution in [3.63, 3.8) is 0 Å². The fourth-order valence-electron chi connectivity index (χ4n) is 1.45. The molecule has 0 atom stereocenters. The molecule has 0 aliphatic carbocycles. The Kier molecular flexibility index (Phi) is 4.37. The molecule has 0 unspecified atom stereocenters. The zero-order valence-corrected chi connectivity index (χ0v) is 11.6. The first-order valence-corrected chi connectivity index (χ1v) is 5.88. The van der Waals surface area contributed by atoms with Crippen molar-refractivity contribution in [2.75, 3.05) is 11.9 Å². The van der Waals surface area contributed by atoms with Crippen LogP contribution in [0.25, 0.3) is 0 Å². The molecule has 2 amide bonds. The summed E-state index contributed by atoms with van der Waals surface area (Å²) in [4.78, 5) is 13.5. The second-order valence-electron chi connectivity index (χ2n) is 5.27. The van der Waals surface area contributed by atoms with Crippen molar-refractivity contribution in [2.24, 2.45) is 10.9 Å². The van der Waals surface area contributed by atoms with Gasteiger partial charge in [-0.2, -0.15) is 0 Å². The number of amidine groups is 1. The minimum atomic E-state index is -0.311. The summed E-state index contributed by atoms with van der Waals surface area (Å²) in [5.41, 5.74) is 6.42. The van der Waals surface area contributed by atoms with E-state index in [0.29, 0.717) is 11.3 Å². The molecule has 0 saturated heterocycles. The molecule has 0 fully saturated rings. The van der Waals surface area contributed by atoms with Gasteiger partial charge in [0.1, 0.15) is 0 Å². The van der Waals surface area contributed by atoms with Gasteiger partial charge in [0.2, 0.25) is 0 Å². The average molecular weight is 264 g/mol. The van der Waals surface area contributed by atoms with Gasteiger partial charge < -0.3 is 16.3 Å². The van der Waals surface area contributed by atoms with Crippen LogP contribution in [0.3, 0.4) is 0 Å². The molecule has 0 aliphatic heterocycles. The van der Waals surface area contributed by atoms with Gasteiger partial charge in [0.25, 0.3) is 0 Å². The lowest BCUT2D eigenvalue weighted by atomic mass is 10.1. The van der Waals surface area contributed by atoms with Crippen LogP contribution in [0.4, 0.5) is 10.5 Å². The van der Waals surface area contributed by atoms with Crippen LogP contribution in [0.5, 0.6) is 0 Å². The van der Waals surface area contributed by atoms with Crippen molar-refractivity contribution in [1.29, 1.82) is 0 Å². The topological polar surface area (TPSA) is 91.0 Å². The number of nitrogens with two attached hydrogens (primary N) is 1. The number of rotatable bonds is 2. The van der Waals surface area contributed by atoms with Crippen LogP contribution in [0, 0.1) is 0 Å². The molecule has 1 aromatic carbocycles. The Morgan fingerprint density at radius 2 is 2.05 bits per heavy atom. The lowest BCUT2D eigenvalue weighted by Crippen LogP contribution is -2.47. The third kappa shape index (κ3) is 4.17. The first-order chi connectivity index (χ1) is 8.74. The van der Waals surface area contributed by atoms with Gasteiger partial charge in [-0.05, 0) is 32.9 Å². The van der Waals surface area contributed by atoms with Gasteiger partial charge >= 0.3 is 6.03 Å². The van der Waals surface area contributed by atoms with Crippen molar-refractivity contribution in [2.45, 2.75) is 26.3 Å². The van der Waals surface area contributed by atoms with Gasteiger partial charge in [-0.1, -0.05) is 17.3 Å². The number of carbonyl (C=O) groups is 1. The van der Waals surface area contributed by atoms with E-state index in [4.69, 9.17) is 10.9 Å². The molecule has 0 heterocycles. The molecule has 0 saturated carbocycles. The van der Waals surface area contributed by atoms with Gasteiger partial charge in [0.15, 0.2) is 5.84 Å². The molecule has 0 aromatic heterocycles. The first-order valence-electron chi connectivity index (χ1n) is 5.88. The van der Waals surface area contributed by atoms with Crippen molar-refractivity contribution < 1.29 is 10.0 Å². The normalized spacial score (nSPS) is 12.1. The summed E-state index contributed by atoms with van der Waals surface area (Å²) >= 11 is 0. The number of hydrogen-bond donors (Lipinski definition) is 3. The highest BCUT2D eigenvalue weighted by Gasteiger charge is 2.18. The number of benzene rings is 1. The van der Waals surface area contributed by atoms with Crippen LogP contribution in [0.2, 0.25) is 0 Å². The molecule has 0 radical (unpaired) electrons. The zero-order chi connectivity index (χ0) is 14.6. The largest absolute Gasteiger partial charge is 0.409 e. The van der Waals surface area contributed by atoms with Crippen molar-refractivity contribution in [1.82, 2.24) is 5.32 Å². The molecular formula is C13H20N4O2. The van der Waals surface area contributed by atoms with Gasteiger partial charge in [0.05, 0.1) is 0 Å². The number of nitrogens with one attached hydrogen (secondary N) is 1. The van der Waals surface area contributed by atoms with Crippen LogP contribution in [-0.4, -0.2) is 29.7 Å². The number of nitrogens with zero attached hydrogens (tertiary/aromatic N) is 2. The predicted octanol–water partition coefficient (Wildman–Crippen LogP) is 1.73. The van der Waals surface area contributed by atoms with E-state index in [1.54, 1.807) is 31.3 Å². The van der Waals surface area contributed by atoms with Crippen LogP contribution in [0.1, 0.15) is 26.3 Å². The van der Waals surface area contributed by atoms with Crippen LogP contribution in [-0.2, 0) is 0 Å². The van der Waals surface area contributed by atoms with E-state index in [0.717, 1.165) is 0 Å². The van der Waals surface area contributed by atoms with Gasteiger partial charge in [-0.15, -0.1) is 0 Å². The monoisotopic (exact) mass is 264 g/mol. The molecule has 6 nitrogen and oxygen atoms in total. The Bertz CT molecular complexity index is 492. The summed E-state index contributed by atoms with van der Waals surface area (Å²) in [6.45, 7) is 5.72. The summed E-state index contributed by atoms with van der Waals surface area (Å²) < 4.78 is 0. The molecule has 0 aliphatic rings. The van der Waals surface area contributed by atoms with Crippen molar-refractivity contribution >= 4 is 17.6 Å². The van der Waals surface area contributed by atoms with Gasteiger partial charge in [-0.3, -0.25) is 4.90 Å². The van der Waals surface area contributed by atoms with E-state index in [1.807, 2.05) is 20.8 Å². The third-order valence-corrected chi connectivity index (χ3v) is 2.42. The number of anilines is 1. The lowest BCUT2D eigenvalue weighted by Gasteiger charge is -2.26. The Labute approximate surface area is 112 Å². The maximum atomic E-state index is 12.0. The molecule has 1 rings (SSSR count). The van der Waals surface area contributed by atoms with E-state index in [2.05, 4.69) is 10.5 Å². The smallest absolute Gasteiger partial charge is 0.322 e. The molecule has 6 heteroatoms. The van der Waals surface area contributed by atoms with Crippen LogP contribution >= 0.6 is 0 Å². The predicted molar refractivity (Wildman–Crippen MR) is 75.6 cm³/mol. The third-order valence-electron chi connectivity index (χ3n) is 2.42. The molecule has 0 spiro atoms. The standard InChI is InChI=1S/C13H20N4O2/c1-13(2,3)15-12(18)17(4)10-7-5-6-9(8-10)11(14)16-19/h5-8,19H,1-4H3,(H2,14,16)(H,15,18). The Hall–Kier alpha value is -2.24. The minimum absolute atomic E-state index is 0.00600. The van der Waals surface area contributed by atoms with E-state index in [-0.39, 0.29) is 17.4 Å². The number of oxime groups is 1. The summed E-state index contributed by atoms with van der Waals surface area (Å²) in [6, 6.07) is 6.68. The molecular weight excluding hydrogens is 244 g/mol. The van der Waals surface area contributed by atoms with E-state index >= 15 is 0 Å². The quantitative estimate of drug-likeness (QED) is 0.329. The molecule has 0 bridgehead atoms. The maximum Gasteiger partial charge on any atom is 0.322 e. The Balaban J connectivity index is 2.94. The average Bonchev–Trinajstić information content (AvgIpc) is 2.35. The van der Waals surface area contributed by atoms with Gasteiger partial charge in [0, 0.05) is 23.8 Å². The van der Waals surface area contributed by atoms with Crippen molar-refractivity contribution in [3.8, 4) is 0 Å². The zero-order valence-electron chi connectivity index (χ0n) is 11.6. The van der Waals surface area contributed by atoms with E-state index in [9.17, 15) is 4.79 Å². The van der Waals surface area contributed by atoms with Crippen LogP contribution in [0.15, 0.2) is 29.4 Å². The number of urea groups is 1. The van der Waals surface area contributed by atoms with Gasteiger partial charge in [-0.25, -0.2) is 4.79 Å². The summed E-state index contributed by atoms with van der Waals surface area (Å²) in [5, 5.41) is 14.4. The summed E-state index contributed by atoms with van der Waals surface area (Å²) in [7, 11) is 1.66. The van der Waals surface area contributed by atoms with E-state index < -0.39 is 0 Å². The molecule has 4 N–H and O–H groups in total. The highest BCUT2D eigenvalue weighted by Crippen LogP contribution is 2.15. The highest BCUT2D eigenvalue weighted by molar-refractivity contribution is 5.99. The lowest BCUT2D eigenvalue weighted by molar-refractivity contribution is 0.239. The highest BCUT2D eigenvalue weighted by atomic mass is 16.4.